The Hall–Kier alpha value is -3.11. The van der Waals surface area contributed by atoms with Gasteiger partial charge in [-0.3, -0.25) is 9.36 Å². The number of thioether (sulfide) groups is 1. The number of halogens is 1. The monoisotopic (exact) mass is 501 g/mol. The van der Waals surface area contributed by atoms with Crippen molar-refractivity contribution in [2.75, 3.05) is 5.75 Å². The van der Waals surface area contributed by atoms with E-state index in [9.17, 15) is 15.0 Å². The van der Waals surface area contributed by atoms with Crippen LogP contribution >= 0.6 is 27.7 Å². The maximum atomic E-state index is 12.2. The predicted molar refractivity (Wildman–Crippen MR) is 124 cm³/mol. The summed E-state index contributed by atoms with van der Waals surface area (Å²) in [4.78, 5) is 12.2. The average molecular weight is 502 g/mol. The first-order chi connectivity index (χ1) is 14.8. The van der Waals surface area contributed by atoms with Crippen LogP contribution in [-0.2, 0) is 11.3 Å². The molecule has 0 radical (unpaired) electrons. The highest BCUT2D eigenvalue weighted by atomic mass is 79.9. The molecule has 31 heavy (non-hydrogen) atoms. The van der Waals surface area contributed by atoms with Gasteiger partial charge in [0.1, 0.15) is 11.5 Å². The van der Waals surface area contributed by atoms with Crippen molar-refractivity contribution in [2.45, 2.75) is 18.6 Å². The lowest BCUT2D eigenvalue weighted by Crippen LogP contribution is -2.20. The molecule has 0 bridgehead atoms. The topological polar surface area (TPSA) is 113 Å². The van der Waals surface area contributed by atoms with E-state index in [2.05, 4.69) is 43.2 Å². The molecule has 1 aromatic heterocycles. The third kappa shape index (κ3) is 6.19. The molecule has 0 spiro atoms. The fourth-order valence-corrected chi connectivity index (χ4v) is 3.59. The van der Waals surface area contributed by atoms with Gasteiger partial charge in [-0.2, -0.15) is 5.10 Å². The molecule has 0 unspecified atom stereocenters. The number of aromatic nitrogens is 3. The fraction of sp³-hybridized carbons (Fsp3) is 0.143. The molecule has 160 valence electrons. The van der Waals surface area contributed by atoms with E-state index in [4.69, 9.17) is 0 Å². The number of carbonyl (C=O) groups excluding carboxylic acids is 1. The molecular formula is C21H20BrN5O3S. The summed E-state index contributed by atoms with van der Waals surface area (Å²) < 4.78 is 2.89. The van der Waals surface area contributed by atoms with Crippen LogP contribution in [0.15, 0.2) is 69.3 Å². The Morgan fingerprint density at radius 1 is 1.26 bits per heavy atom. The highest BCUT2D eigenvalue weighted by molar-refractivity contribution is 9.10. The lowest BCUT2D eigenvalue weighted by molar-refractivity contribution is -0.118. The van der Waals surface area contributed by atoms with Gasteiger partial charge in [0.25, 0.3) is 5.91 Å². The number of phenolic OH excluding ortho intramolecular Hbond substituents is 2. The summed E-state index contributed by atoms with van der Waals surface area (Å²) in [6.45, 7) is 6.41. The summed E-state index contributed by atoms with van der Waals surface area (Å²) >= 11 is 4.66. The van der Waals surface area contributed by atoms with Crippen LogP contribution in [0.1, 0.15) is 12.5 Å². The van der Waals surface area contributed by atoms with Crippen molar-refractivity contribution in [1.29, 1.82) is 0 Å². The predicted octanol–water partition coefficient (Wildman–Crippen LogP) is 3.94. The normalized spacial score (nSPS) is 11.0. The highest BCUT2D eigenvalue weighted by Crippen LogP contribution is 2.26. The van der Waals surface area contributed by atoms with E-state index in [0.717, 1.165) is 15.6 Å². The molecule has 1 amide bonds. The van der Waals surface area contributed by atoms with Crippen LogP contribution in [0, 0.1) is 0 Å². The van der Waals surface area contributed by atoms with Gasteiger partial charge in [0.05, 0.1) is 12.0 Å². The first-order valence-corrected chi connectivity index (χ1v) is 10.9. The van der Waals surface area contributed by atoms with Gasteiger partial charge in [0, 0.05) is 28.2 Å². The zero-order valence-electron chi connectivity index (χ0n) is 16.6. The summed E-state index contributed by atoms with van der Waals surface area (Å²) in [6.07, 6.45) is 1.30. The number of phenols is 2. The molecule has 0 aliphatic rings. The van der Waals surface area contributed by atoms with Gasteiger partial charge in [-0.05, 0) is 31.2 Å². The molecule has 8 nitrogen and oxygen atoms in total. The molecule has 2 aromatic carbocycles. The number of rotatable bonds is 8. The Balaban J connectivity index is 1.66. The number of benzene rings is 2. The van der Waals surface area contributed by atoms with Gasteiger partial charge in [0.15, 0.2) is 11.0 Å². The minimum atomic E-state index is -0.338. The molecular weight excluding hydrogens is 482 g/mol. The summed E-state index contributed by atoms with van der Waals surface area (Å²) in [6, 6.07) is 11.8. The van der Waals surface area contributed by atoms with Crippen LogP contribution in [-0.4, -0.2) is 42.9 Å². The maximum absolute atomic E-state index is 12.2. The number of allylic oxidation sites excluding steroid dienone is 1. The van der Waals surface area contributed by atoms with Gasteiger partial charge in [-0.15, -0.1) is 10.2 Å². The third-order valence-electron chi connectivity index (χ3n) is 3.99. The van der Waals surface area contributed by atoms with Crippen LogP contribution in [0.2, 0.25) is 0 Å². The standard InChI is InChI=1S/C21H20BrN5O3S/c1-13(2)11-27-20(14-3-6-16(22)7-4-14)25-26-21(27)31-12-19(30)24-23-10-15-5-8-17(28)9-18(15)29/h3-10,28-29H,1,11-12H2,2H3,(H,24,30)/b23-10+. The third-order valence-corrected chi connectivity index (χ3v) is 5.48. The molecule has 1 heterocycles. The van der Waals surface area contributed by atoms with E-state index in [0.29, 0.717) is 23.1 Å². The minimum absolute atomic E-state index is 0.0588. The summed E-state index contributed by atoms with van der Waals surface area (Å²) in [5.74, 6) is 0.235. The second kappa shape index (κ2) is 10.3. The van der Waals surface area contributed by atoms with Crippen LogP contribution < -0.4 is 5.43 Å². The lowest BCUT2D eigenvalue weighted by Gasteiger charge is -2.10. The number of aromatic hydroxyl groups is 2. The summed E-state index contributed by atoms with van der Waals surface area (Å²) in [7, 11) is 0. The average Bonchev–Trinajstić information content (AvgIpc) is 3.10. The van der Waals surface area contributed by atoms with Gasteiger partial charge >= 0.3 is 0 Å². The van der Waals surface area contributed by atoms with E-state index in [1.54, 1.807) is 0 Å². The number of amides is 1. The molecule has 3 aromatic rings. The Labute approximate surface area is 191 Å². The first-order valence-electron chi connectivity index (χ1n) is 9.13. The SMILES string of the molecule is C=C(C)Cn1c(SCC(=O)N/N=C/c2ccc(O)cc2O)nnc1-c1ccc(Br)cc1. The molecule has 0 saturated heterocycles. The van der Waals surface area contributed by atoms with E-state index >= 15 is 0 Å². The second-order valence-electron chi connectivity index (χ2n) is 6.68. The van der Waals surface area contributed by atoms with E-state index in [1.807, 2.05) is 35.8 Å². The zero-order chi connectivity index (χ0) is 22.4. The van der Waals surface area contributed by atoms with Crippen molar-refractivity contribution < 1.29 is 15.0 Å². The highest BCUT2D eigenvalue weighted by Gasteiger charge is 2.16. The Morgan fingerprint density at radius 2 is 2.00 bits per heavy atom. The van der Waals surface area contributed by atoms with Crippen LogP contribution in [0.3, 0.4) is 0 Å². The number of nitrogens with one attached hydrogen (secondary N) is 1. The summed E-state index contributed by atoms with van der Waals surface area (Å²) in [5, 5.41) is 32.0. The van der Waals surface area contributed by atoms with Gasteiger partial charge in [-0.25, -0.2) is 5.43 Å². The largest absolute Gasteiger partial charge is 0.508 e. The quantitative estimate of drug-likeness (QED) is 0.186. The first kappa shape index (κ1) is 22.6. The molecule has 0 atom stereocenters. The molecule has 0 aliphatic carbocycles. The molecule has 0 saturated carbocycles. The van der Waals surface area contributed by atoms with E-state index in [1.165, 1.54) is 36.2 Å². The molecule has 0 aliphatic heterocycles. The number of carbonyl (C=O) groups is 1. The number of hydrogen-bond donors (Lipinski definition) is 3. The molecule has 3 N–H and O–H groups in total. The molecule has 0 fully saturated rings. The van der Waals surface area contributed by atoms with Crippen molar-refractivity contribution in [1.82, 2.24) is 20.2 Å². The van der Waals surface area contributed by atoms with E-state index in [-0.39, 0.29) is 23.2 Å². The molecule has 10 heteroatoms. The Morgan fingerprint density at radius 3 is 2.68 bits per heavy atom. The second-order valence-corrected chi connectivity index (χ2v) is 8.54. The van der Waals surface area contributed by atoms with Crippen molar-refractivity contribution in [2.24, 2.45) is 5.10 Å². The van der Waals surface area contributed by atoms with Crippen LogP contribution in [0.4, 0.5) is 0 Å². The van der Waals surface area contributed by atoms with Gasteiger partial charge in [-0.1, -0.05) is 52.0 Å². The van der Waals surface area contributed by atoms with Crippen molar-refractivity contribution in [3.8, 4) is 22.9 Å². The van der Waals surface area contributed by atoms with Crippen LogP contribution in [0.25, 0.3) is 11.4 Å². The lowest BCUT2D eigenvalue weighted by atomic mass is 10.2. The number of nitrogens with zero attached hydrogens (tertiary/aromatic N) is 4. The van der Waals surface area contributed by atoms with Crippen molar-refractivity contribution >= 4 is 39.8 Å². The van der Waals surface area contributed by atoms with Gasteiger partial charge in [0.2, 0.25) is 0 Å². The molecule has 3 rings (SSSR count). The maximum Gasteiger partial charge on any atom is 0.250 e. The number of hydrazone groups is 1. The Kier molecular flexibility index (Phi) is 7.48. The van der Waals surface area contributed by atoms with Crippen molar-refractivity contribution in [3.63, 3.8) is 0 Å². The summed E-state index contributed by atoms with van der Waals surface area (Å²) in [5.41, 5.74) is 4.61. The fourth-order valence-electron chi connectivity index (χ4n) is 2.60. The van der Waals surface area contributed by atoms with Gasteiger partial charge < -0.3 is 10.2 Å². The zero-order valence-corrected chi connectivity index (χ0v) is 19.0. The van der Waals surface area contributed by atoms with Crippen LogP contribution in [0.5, 0.6) is 11.5 Å². The smallest absolute Gasteiger partial charge is 0.250 e. The van der Waals surface area contributed by atoms with Crippen molar-refractivity contribution in [3.05, 3.63) is 64.7 Å². The van der Waals surface area contributed by atoms with E-state index < -0.39 is 0 Å². The Bertz CT molecular complexity index is 1130. The number of hydrogen-bond acceptors (Lipinski definition) is 7. The minimum Gasteiger partial charge on any atom is -0.508 e.